The van der Waals surface area contributed by atoms with Crippen LogP contribution in [0.1, 0.15) is 29.5 Å². The highest BCUT2D eigenvalue weighted by atomic mass is 32.1. The highest BCUT2D eigenvalue weighted by Crippen LogP contribution is 2.22. The molecule has 3 heteroatoms. The van der Waals surface area contributed by atoms with E-state index in [0.29, 0.717) is 6.54 Å². The second kappa shape index (κ2) is 4.91. The van der Waals surface area contributed by atoms with E-state index in [9.17, 15) is 4.79 Å². The summed E-state index contributed by atoms with van der Waals surface area (Å²) in [4.78, 5) is 12.6. The monoisotopic (exact) mass is 235 g/mol. The summed E-state index contributed by atoms with van der Waals surface area (Å²) in [6.45, 7) is 0.648. The van der Waals surface area contributed by atoms with Crippen molar-refractivity contribution in [2.45, 2.75) is 32.2 Å². The average molecular weight is 235 g/mol. The molecule has 0 atom stereocenters. The minimum atomic E-state index is -0.183. The molecule has 2 nitrogen and oxygen atoms in total. The van der Waals surface area contributed by atoms with Gasteiger partial charge in [0.2, 0.25) is 0 Å². The van der Waals surface area contributed by atoms with Gasteiger partial charge in [0.25, 0.3) is 5.24 Å². The zero-order valence-corrected chi connectivity index (χ0v) is 10.5. The van der Waals surface area contributed by atoms with Crippen LogP contribution >= 0.6 is 12.6 Å². The number of hydrogen-bond donors (Lipinski definition) is 1. The number of thiol groups is 1. The highest BCUT2D eigenvalue weighted by molar-refractivity contribution is 7.96. The third kappa shape index (κ3) is 2.59. The third-order valence-electron chi connectivity index (χ3n) is 3.16. The highest BCUT2D eigenvalue weighted by Gasteiger charge is 2.10. The lowest BCUT2D eigenvalue weighted by Crippen LogP contribution is -2.20. The number of nitrogens with zero attached hydrogens (tertiary/aromatic N) is 1. The summed E-state index contributed by atoms with van der Waals surface area (Å²) in [5.74, 6) is 0. The van der Waals surface area contributed by atoms with Gasteiger partial charge in [-0.05, 0) is 42.4 Å². The molecule has 2 rings (SSSR count). The first-order valence-electron chi connectivity index (χ1n) is 5.71. The largest absolute Gasteiger partial charge is 0.333 e. The van der Waals surface area contributed by atoms with Gasteiger partial charge in [-0.25, -0.2) is 0 Å². The molecule has 0 fully saturated rings. The lowest BCUT2D eigenvalue weighted by Gasteiger charge is -2.19. The van der Waals surface area contributed by atoms with Crippen LogP contribution in [0.4, 0.5) is 4.79 Å². The van der Waals surface area contributed by atoms with Crippen LogP contribution in [0, 0.1) is 0 Å². The molecule has 0 aliphatic heterocycles. The van der Waals surface area contributed by atoms with E-state index in [1.54, 1.807) is 11.9 Å². The number of carbonyl (C=O) groups excluding carboxylic acids is 1. The standard InChI is InChI=1S/C13H17NOS/c1-14(13(15)16)9-10-6-7-11-4-2-3-5-12(11)8-10/h6-8H,2-5,9H2,1H3,(H,15,16). The maximum Gasteiger partial charge on any atom is 0.278 e. The number of fused-ring (bicyclic) bond motifs is 1. The van der Waals surface area contributed by atoms with Crippen molar-refractivity contribution in [1.29, 1.82) is 0 Å². The molecule has 0 aromatic heterocycles. The smallest absolute Gasteiger partial charge is 0.278 e. The van der Waals surface area contributed by atoms with Crippen LogP contribution in [0.25, 0.3) is 0 Å². The van der Waals surface area contributed by atoms with Gasteiger partial charge in [-0.1, -0.05) is 30.8 Å². The second-order valence-corrected chi connectivity index (χ2v) is 4.83. The van der Waals surface area contributed by atoms with Gasteiger partial charge in [0.05, 0.1) is 0 Å². The van der Waals surface area contributed by atoms with Crippen molar-refractivity contribution in [2.75, 3.05) is 7.05 Å². The van der Waals surface area contributed by atoms with Gasteiger partial charge in [-0.3, -0.25) is 4.79 Å². The van der Waals surface area contributed by atoms with Crippen LogP contribution in [0.3, 0.4) is 0 Å². The molecule has 0 saturated carbocycles. The van der Waals surface area contributed by atoms with E-state index >= 15 is 0 Å². The van der Waals surface area contributed by atoms with Crippen LogP contribution in [0.5, 0.6) is 0 Å². The molecule has 0 unspecified atom stereocenters. The van der Waals surface area contributed by atoms with E-state index < -0.39 is 0 Å². The Kier molecular flexibility index (Phi) is 3.54. The van der Waals surface area contributed by atoms with E-state index in [4.69, 9.17) is 0 Å². The number of amides is 1. The molecule has 0 heterocycles. The Morgan fingerprint density at radius 1 is 1.31 bits per heavy atom. The predicted molar refractivity (Wildman–Crippen MR) is 68.9 cm³/mol. The molecule has 86 valence electrons. The fourth-order valence-corrected chi connectivity index (χ4v) is 2.30. The van der Waals surface area contributed by atoms with Crippen LogP contribution in [-0.4, -0.2) is 17.2 Å². The minimum Gasteiger partial charge on any atom is -0.333 e. The number of carbonyl (C=O) groups is 1. The van der Waals surface area contributed by atoms with E-state index in [1.807, 2.05) is 0 Å². The molecule has 1 amide bonds. The van der Waals surface area contributed by atoms with Crippen molar-refractivity contribution in [2.24, 2.45) is 0 Å². The molecular weight excluding hydrogens is 218 g/mol. The van der Waals surface area contributed by atoms with Crippen LogP contribution in [0.15, 0.2) is 18.2 Å². The Labute approximate surface area is 102 Å². The summed E-state index contributed by atoms with van der Waals surface area (Å²) in [5.41, 5.74) is 4.14. The summed E-state index contributed by atoms with van der Waals surface area (Å²) in [6, 6.07) is 6.57. The SMILES string of the molecule is CN(Cc1ccc2c(c1)CCCC2)C(=O)S. The quantitative estimate of drug-likeness (QED) is 0.781. The van der Waals surface area contributed by atoms with Crippen molar-refractivity contribution in [3.05, 3.63) is 34.9 Å². The average Bonchev–Trinajstić information content (AvgIpc) is 2.28. The van der Waals surface area contributed by atoms with Crippen LogP contribution < -0.4 is 0 Å². The van der Waals surface area contributed by atoms with Crippen molar-refractivity contribution in [3.8, 4) is 0 Å². The summed E-state index contributed by atoms with van der Waals surface area (Å²) >= 11 is 3.81. The summed E-state index contributed by atoms with van der Waals surface area (Å²) in [5, 5.41) is -0.183. The summed E-state index contributed by atoms with van der Waals surface area (Å²) in [6.07, 6.45) is 4.98. The molecule has 0 spiro atoms. The van der Waals surface area contributed by atoms with E-state index in [1.165, 1.54) is 42.4 Å². The predicted octanol–water partition coefficient (Wildman–Crippen LogP) is 3.05. The Morgan fingerprint density at radius 2 is 2.00 bits per heavy atom. The molecule has 0 N–H and O–H groups in total. The molecule has 1 aliphatic rings. The maximum atomic E-state index is 11.0. The third-order valence-corrected chi connectivity index (χ3v) is 3.50. The first-order chi connectivity index (χ1) is 7.66. The number of aryl methyl sites for hydroxylation is 2. The zero-order chi connectivity index (χ0) is 11.5. The van der Waals surface area contributed by atoms with E-state index in [0.717, 1.165) is 0 Å². The van der Waals surface area contributed by atoms with E-state index in [-0.39, 0.29) is 5.24 Å². The van der Waals surface area contributed by atoms with Gasteiger partial charge in [0.1, 0.15) is 0 Å². The molecule has 1 aromatic rings. The van der Waals surface area contributed by atoms with Gasteiger partial charge >= 0.3 is 0 Å². The summed E-state index contributed by atoms with van der Waals surface area (Å²) in [7, 11) is 1.77. The lowest BCUT2D eigenvalue weighted by atomic mass is 9.90. The topological polar surface area (TPSA) is 20.3 Å². The van der Waals surface area contributed by atoms with Crippen molar-refractivity contribution < 1.29 is 4.79 Å². The fourth-order valence-electron chi connectivity index (χ4n) is 2.23. The summed E-state index contributed by atoms with van der Waals surface area (Å²) < 4.78 is 0. The number of hydrogen-bond acceptors (Lipinski definition) is 1. The lowest BCUT2D eigenvalue weighted by molar-refractivity contribution is 0.232. The second-order valence-electron chi connectivity index (χ2n) is 4.45. The van der Waals surface area contributed by atoms with Crippen molar-refractivity contribution >= 4 is 17.9 Å². The molecule has 0 saturated heterocycles. The molecular formula is C13H17NOS. The van der Waals surface area contributed by atoms with Gasteiger partial charge in [0.15, 0.2) is 0 Å². The number of benzene rings is 1. The van der Waals surface area contributed by atoms with Crippen LogP contribution in [0.2, 0.25) is 0 Å². The minimum absolute atomic E-state index is 0.183. The fraction of sp³-hybridized carbons (Fsp3) is 0.462. The molecule has 0 radical (unpaired) electrons. The van der Waals surface area contributed by atoms with Crippen molar-refractivity contribution in [3.63, 3.8) is 0 Å². The molecule has 16 heavy (non-hydrogen) atoms. The Hall–Kier alpha value is -0.960. The van der Waals surface area contributed by atoms with Gasteiger partial charge in [-0.15, -0.1) is 0 Å². The maximum absolute atomic E-state index is 11.0. The first kappa shape index (κ1) is 11.5. The first-order valence-corrected chi connectivity index (χ1v) is 6.16. The van der Waals surface area contributed by atoms with Crippen molar-refractivity contribution in [1.82, 2.24) is 4.90 Å². The molecule has 1 aliphatic carbocycles. The van der Waals surface area contributed by atoms with Gasteiger partial charge in [-0.2, -0.15) is 0 Å². The molecule has 0 bridgehead atoms. The van der Waals surface area contributed by atoms with Gasteiger partial charge in [0, 0.05) is 13.6 Å². The Bertz CT molecular complexity index is 403. The van der Waals surface area contributed by atoms with E-state index in [2.05, 4.69) is 30.8 Å². The van der Waals surface area contributed by atoms with Crippen LogP contribution in [-0.2, 0) is 19.4 Å². The Morgan fingerprint density at radius 3 is 2.69 bits per heavy atom. The molecule has 1 aromatic carbocycles. The normalized spacial score (nSPS) is 14.4. The Balaban J connectivity index is 2.14. The van der Waals surface area contributed by atoms with Gasteiger partial charge < -0.3 is 4.90 Å². The zero-order valence-electron chi connectivity index (χ0n) is 9.57. The number of rotatable bonds is 2.